The predicted octanol–water partition coefficient (Wildman–Crippen LogP) is 3.02. The molecule has 0 radical (unpaired) electrons. The highest BCUT2D eigenvalue weighted by Crippen LogP contribution is 2.30. The molecule has 0 aliphatic rings. The molecular weight excluding hydrogens is 247 g/mol. The van der Waals surface area contributed by atoms with Gasteiger partial charge < -0.3 is 9.84 Å². The highest BCUT2D eigenvalue weighted by atomic mass is 19.1. The van der Waals surface area contributed by atoms with Crippen LogP contribution in [0.25, 0.3) is 0 Å². The van der Waals surface area contributed by atoms with E-state index in [1.54, 1.807) is 17.7 Å². The molecule has 4 nitrogen and oxygen atoms in total. The molecule has 5 heteroatoms. The van der Waals surface area contributed by atoms with Gasteiger partial charge in [-0.05, 0) is 38.5 Å². The average Bonchev–Trinajstić information content (AvgIpc) is 2.58. The standard InChI is InChI=1S/C14H17FN2O2/c1-8-14(9(2)17(4)16-8)19-13-6-5-11(10(3)18)7-12(13)15/h5-7,10,18H,1-4H3. The molecule has 0 aliphatic carbocycles. The topological polar surface area (TPSA) is 47.3 Å². The number of ether oxygens (including phenoxy) is 1. The molecular formula is C14H17FN2O2. The molecule has 1 heterocycles. The van der Waals surface area contributed by atoms with Crippen LogP contribution in [0.2, 0.25) is 0 Å². The van der Waals surface area contributed by atoms with E-state index < -0.39 is 11.9 Å². The number of aliphatic hydroxyl groups excluding tert-OH is 1. The molecule has 1 aromatic carbocycles. The number of halogens is 1. The monoisotopic (exact) mass is 264 g/mol. The van der Waals surface area contributed by atoms with Gasteiger partial charge in [-0.1, -0.05) is 6.07 Å². The molecule has 0 fully saturated rings. The van der Waals surface area contributed by atoms with E-state index in [0.29, 0.717) is 17.0 Å². The van der Waals surface area contributed by atoms with E-state index >= 15 is 0 Å². The van der Waals surface area contributed by atoms with Crippen LogP contribution in [-0.4, -0.2) is 14.9 Å². The number of nitrogens with zero attached hydrogens (tertiary/aromatic N) is 2. The minimum Gasteiger partial charge on any atom is -0.450 e. The molecule has 102 valence electrons. The van der Waals surface area contributed by atoms with Crippen LogP contribution in [-0.2, 0) is 7.05 Å². The Bertz CT molecular complexity index is 606. The Morgan fingerprint density at radius 3 is 2.53 bits per heavy atom. The first-order valence-corrected chi connectivity index (χ1v) is 6.05. The third-order valence-electron chi connectivity index (χ3n) is 3.09. The summed E-state index contributed by atoms with van der Waals surface area (Å²) in [6.07, 6.45) is -0.703. The Labute approximate surface area is 111 Å². The van der Waals surface area contributed by atoms with Crippen LogP contribution in [0.4, 0.5) is 4.39 Å². The average molecular weight is 264 g/mol. The zero-order valence-electron chi connectivity index (χ0n) is 11.4. The SMILES string of the molecule is Cc1nn(C)c(C)c1Oc1ccc(C(C)O)cc1F. The third kappa shape index (κ3) is 2.61. The second-order valence-electron chi connectivity index (χ2n) is 4.59. The van der Waals surface area contributed by atoms with E-state index in [9.17, 15) is 9.50 Å². The van der Waals surface area contributed by atoms with Gasteiger partial charge in [-0.25, -0.2) is 4.39 Å². The number of hydrogen-bond acceptors (Lipinski definition) is 3. The van der Waals surface area contributed by atoms with Gasteiger partial charge in [0.1, 0.15) is 5.69 Å². The van der Waals surface area contributed by atoms with Crippen molar-refractivity contribution in [1.82, 2.24) is 9.78 Å². The molecule has 0 spiro atoms. The van der Waals surface area contributed by atoms with Crippen LogP contribution in [0.15, 0.2) is 18.2 Å². The van der Waals surface area contributed by atoms with Gasteiger partial charge in [0.05, 0.1) is 11.8 Å². The number of rotatable bonds is 3. The van der Waals surface area contributed by atoms with Crippen LogP contribution in [0.3, 0.4) is 0 Å². The summed E-state index contributed by atoms with van der Waals surface area (Å²) < 4.78 is 21.2. The van der Waals surface area contributed by atoms with Gasteiger partial charge in [0.25, 0.3) is 0 Å². The molecule has 19 heavy (non-hydrogen) atoms. The fourth-order valence-corrected chi connectivity index (χ4v) is 1.87. The first kappa shape index (κ1) is 13.5. The first-order chi connectivity index (χ1) is 8.90. The Balaban J connectivity index is 2.34. The number of aromatic nitrogens is 2. The van der Waals surface area contributed by atoms with Gasteiger partial charge in [-0.3, -0.25) is 4.68 Å². The Morgan fingerprint density at radius 2 is 2.05 bits per heavy atom. The molecule has 1 unspecified atom stereocenters. The van der Waals surface area contributed by atoms with Gasteiger partial charge >= 0.3 is 0 Å². The minimum absolute atomic E-state index is 0.128. The third-order valence-corrected chi connectivity index (χ3v) is 3.09. The van der Waals surface area contributed by atoms with Gasteiger partial charge in [0.15, 0.2) is 17.3 Å². The Kier molecular flexibility index (Phi) is 3.57. The minimum atomic E-state index is -0.703. The van der Waals surface area contributed by atoms with E-state index in [2.05, 4.69) is 5.10 Å². The summed E-state index contributed by atoms with van der Waals surface area (Å²) in [6, 6.07) is 4.44. The summed E-state index contributed by atoms with van der Waals surface area (Å²) in [4.78, 5) is 0. The maximum absolute atomic E-state index is 13.9. The van der Waals surface area contributed by atoms with Crippen LogP contribution in [0.1, 0.15) is 30.0 Å². The van der Waals surface area contributed by atoms with Crippen molar-refractivity contribution in [2.75, 3.05) is 0 Å². The van der Waals surface area contributed by atoms with E-state index in [-0.39, 0.29) is 5.75 Å². The van der Waals surface area contributed by atoms with Gasteiger partial charge in [-0.2, -0.15) is 5.10 Å². The Hall–Kier alpha value is -1.88. The molecule has 0 amide bonds. The summed E-state index contributed by atoms with van der Waals surface area (Å²) >= 11 is 0. The second kappa shape index (κ2) is 5.01. The summed E-state index contributed by atoms with van der Waals surface area (Å²) in [6.45, 7) is 5.26. The predicted molar refractivity (Wildman–Crippen MR) is 69.8 cm³/mol. The first-order valence-electron chi connectivity index (χ1n) is 6.05. The molecule has 0 saturated heterocycles. The van der Waals surface area contributed by atoms with Gasteiger partial charge in [-0.15, -0.1) is 0 Å². The van der Waals surface area contributed by atoms with Crippen molar-refractivity contribution in [1.29, 1.82) is 0 Å². The maximum Gasteiger partial charge on any atom is 0.171 e. The number of aliphatic hydroxyl groups is 1. The highest BCUT2D eigenvalue weighted by Gasteiger charge is 2.15. The van der Waals surface area contributed by atoms with Crippen LogP contribution >= 0.6 is 0 Å². The molecule has 2 rings (SSSR count). The zero-order chi connectivity index (χ0) is 14.2. The van der Waals surface area contributed by atoms with E-state index in [0.717, 1.165) is 5.69 Å². The lowest BCUT2D eigenvalue weighted by atomic mass is 10.1. The molecule has 1 N–H and O–H groups in total. The van der Waals surface area contributed by atoms with Crippen molar-refractivity contribution >= 4 is 0 Å². The van der Waals surface area contributed by atoms with Crippen molar-refractivity contribution in [3.63, 3.8) is 0 Å². The lowest BCUT2D eigenvalue weighted by Crippen LogP contribution is -1.96. The van der Waals surface area contributed by atoms with E-state index in [1.807, 2.05) is 20.9 Å². The van der Waals surface area contributed by atoms with Crippen LogP contribution in [0, 0.1) is 19.7 Å². The quantitative estimate of drug-likeness (QED) is 0.927. The van der Waals surface area contributed by atoms with Gasteiger partial charge in [0, 0.05) is 7.05 Å². The largest absolute Gasteiger partial charge is 0.450 e. The van der Waals surface area contributed by atoms with Crippen molar-refractivity contribution in [3.05, 3.63) is 41.0 Å². The fraction of sp³-hybridized carbons (Fsp3) is 0.357. The molecule has 1 aromatic heterocycles. The second-order valence-corrected chi connectivity index (χ2v) is 4.59. The van der Waals surface area contributed by atoms with Crippen LogP contribution < -0.4 is 4.74 Å². The summed E-state index contributed by atoms with van der Waals surface area (Å²) in [5.41, 5.74) is 2.06. The highest BCUT2D eigenvalue weighted by molar-refractivity contribution is 5.39. The lowest BCUT2D eigenvalue weighted by Gasteiger charge is -2.10. The smallest absolute Gasteiger partial charge is 0.171 e. The maximum atomic E-state index is 13.9. The molecule has 0 saturated carbocycles. The van der Waals surface area contributed by atoms with Crippen molar-refractivity contribution < 1.29 is 14.2 Å². The molecule has 1 atom stereocenters. The normalized spacial score (nSPS) is 12.5. The summed E-state index contributed by atoms with van der Waals surface area (Å²) in [5, 5.41) is 13.6. The lowest BCUT2D eigenvalue weighted by molar-refractivity contribution is 0.198. The van der Waals surface area contributed by atoms with Crippen LogP contribution in [0.5, 0.6) is 11.5 Å². The molecule has 0 aliphatic heterocycles. The number of aryl methyl sites for hydroxylation is 2. The van der Waals surface area contributed by atoms with E-state index in [4.69, 9.17) is 4.74 Å². The Morgan fingerprint density at radius 1 is 1.37 bits per heavy atom. The van der Waals surface area contributed by atoms with Crippen molar-refractivity contribution in [2.45, 2.75) is 26.9 Å². The molecule has 0 bridgehead atoms. The van der Waals surface area contributed by atoms with E-state index in [1.165, 1.54) is 12.1 Å². The van der Waals surface area contributed by atoms with Gasteiger partial charge in [0.2, 0.25) is 0 Å². The van der Waals surface area contributed by atoms with Crippen molar-refractivity contribution in [2.24, 2.45) is 7.05 Å². The summed E-state index contributed by atoms with van der Waals surface area (Å²) in [7, 11) is 1.81. The summed E-state index contributed by atoms with van der Waals surface area (Å²) in [5.74, 6) is 0.191. The number of hydrogen-bond donors (Lipinski definition) is 1. The number of benzene rings is 1. The van der Waals surface area contributed by atoms with Crippen molar-refractivity contribution in [3.8, 4) is 11.5 Å². The zero-order valence-corrected chi connectivity index (χ0v) is 11.4. The fourth-order valence-electron chi connectivity index (χ4n) is 1.87. The molecule has 2 aromatic rings.